The molecule has 0 radical (unpaired) electrons. The molecule has 15 rings (SSSR count). The Morgan fingerprint density at radius 2 is 0.828 bits per heavy atom. The fourth-order valence-electron chi connectivity index (χ4n) is 13.7. The number of amides is 3. The summed E-state index contributed by atoms with van der Waals surface area (Å²) in [6, 6.07) is 17.3. The summed E-state index contributed by atoms with van der Waals surface area (Å²) in [7, 11) is 5.62. The highest BCUT2D eigenvalue weighted by molar-refractivity contribution is 6.02. The minimum absolute atomic E-state index is 0.0486. The maximum absolute atomic E-state index is 14.0. The summed E-state index contributed by atoms with van der Waals surface area (Å²) in [4.78, 5) is 84.6. The number of rotatable bonds is 18. The van der Waals surface area contributed by atoms with E-state index in [1.165, 1.54) is 0 Å². The summed E-state index contributed by atoms with van der Waals surface area (Å²) in [5, 5.41) is 34.0. The molecule has 0 spiro atoms. The van der Waals surface area contributed by atoms with E-state index in [2.05, 4.69) is 82.6 Å². The maximum Gasteiger partial charge on any atom is 0.229 e. The summed E-state index contributed by atoms with van der Waals surface area (Å²) in [6.07, 6.45) is 27.0. The van der Waals surface area contributed by atoms with Crippen molar-refractivity contribution in [2.75, 3.05) is 32.3 Å². The predicted octanol–water partition coefficient (Wildman–Crippen LogP) is 9.98. The van der Waals surface area contributed by atoms with Crippen LogP contribution >= 0.6 is 0 Å². The summed E-state index contributed by atoms with van der Waals surface area (Å²) in [5.41, 5.74) is 16.7. The third kappa shape index (κ3) is 11.1. The normalized spacial score (nSPS) is 20.4. The Hall–Kier alpha value is -11.4. The van der Waals surface area contributed by atoms with Gasteiger partial charge in [-0.15, -0.1) is 0 Å². The van der Waals surface area contributed by atoms with Crippen molar-refractivity contribution in [3.05, 3.63) is 181 Å². The predicted molar refractivity (Wildman–Crippen MR) is 354 cm³/mol. The van der Waals surface area contributed by atoms with Gasteiger partial charge >= 0.3 is 0 Å². The number of aromatic nitrogens is 15. The fourth-order valence-corrected chi connectivity index (χ4v) is 13.7. The van der Waals surface area contributed by atoms with E-state index in [9.17, 15) is 14.4 Å². The molecule has 3 aliphatic rings. The van der Waals surface area contributed by atoms with Crippen LogP contribution in [-0.4, -0.2) is 91.9 Å². The number of nitrogens with one attached hydrogen (secondary N) is 5. The van der Waals surface area contributed by atoms with E-state index in [0.717, 1.165) is 71.6 Å². The summed E-state index contributed by atoms with van der Waals surface area (Å²) < 4.78 is 5.27. The largest absolute Gasteiger partial charge is 0.383 e. The molecule has 0 saturated heterocycles. The molecular formula is C69H65N21O3. The number of nitrogen functional groups attached to an aromatic ring is 1. The molecule has 3 amide bonds. The van der Waals surface area contributed by atoms with Gasteiger partial charge in [0.2, 0.25) is 17.7 Å². The molecule has 0 aliphatic heterocycles. The van der Waals surface area contributed by atoms with Crippen molar-refractivity contribution < 1.29 is 14.4 Å². The van der Waals surface area contributed by atoms with Crippen LogP contribution in [0.15, 0.2) is 148 Å². The van der Waals surface area contributed by atoms with Gasteiger partial charge in [-0.05, 0) is 129 Å². The van der Waals surface area contributed by atoms with E-state index in [1.807, 2.05) is 120 Å². The zero-order valence-electron chi connectivity index (χ0n) is 52.0. The Kier molecular flexibility index (Phi) is 14.4. The van der Waals surface area contributed by atoms with Crippen molar-refractivity contribution in [2.24, 2.45) is 56.7 Å². The van der Waals surface area contributed by atoms with Gasteiger partial charge in [0.15, 0.2) is 0 Å². The Morgan fingerprint density at radius 1 is 0.462 bits per heavy atom. The number of aryl methyl sites for hydroxylation is 4. The van der Waals surface area contributed by atoms with Gasteiger partial charge in [0.05, 0.1) is 35.7 Å². The molecule has 464 valence electrons. The van der Waals surface area contributed by atoms with E-state index in [0.29, 0.717) is 63.5 Å². The summed E-state index contributed by atoms with van der Waals surface area (Å²) >= 11 is 0. The van der Waals surface area contributed by atoms with Gasteiger partial charge in [0.25, 0.3) is 0 Å². The zero-order chi connectivity index (χ0) is 63.9. The lowest BCUT2D eigenvalue weighted by Crippen LogP contribution is -2.16. The molecule has 12 aromatic heterocycles. The zero-order valence-corrected chi connectivity index (χ0v) is 52.0. The minimum atomic E-state index is -0.242. The number of hydrogen-bond acceptors (Lipinski definition) is 18. The van der Waals surface area contributed by atoms with Crippen molar-refractivity contribution in [1.82, 2.24) is 74.2 Å². The fraction of sp³-hybridized carbons (Fsp3) is 0.261. The van der Waals surface area contributed by atoms with Crippen molar-refractivity contribution in [1.29, 1.82) is 0 Å². The van der Waals surface area contributed by atoms with Crippen molar-refractivity contribution in [3.63, 3.8) is 0 Å². The molecule has 12 heterocycles. The molecule has 0 bridgehead atoms. The second-order valence-electron chi connectivity index (χ2n) is 25.0. The Bertz CT molecular complexity index is 4980. The molecule has 7 N–H and O–H groups in total. The first kappa shape index (κ1) is 58.0. The van der Waals surface area contributed by atoms with Crippen LogP contribution in [0.4, 0.5) is 34.9 Å². The van der Waals surface area contributed by atoms with E-state index in [1.54, 1.807) is 69.8 Å². The standard InChI is InChI=1S/C69H65N21O3/c1-34-8-11-71-25-46(34)52-15-41-18-56(86-68(92)62-36(3)59(62)44-23-80-89(6)32-44)75-29-50(41)65(83-52)77-21-39-10-13-73-27-48(39)54-16-42-19-57(87-69(93)63-37(4)60(63)45-24-81-90(7)33-45)76-30-51(42)66(84-54)78-20-38-9-12-72-26-47(38)53-14-40-17-55(74-28-49(40)64(70)82-53)85-67(91)61-35(2)58(61)43-22-79-88(5)31-43/h8-19,22-33,35-37,58-63H,20-21H2,1-7H3,(H2,70,82)(H,77,83)(H,78,84)(H,74,85,91)(H,75,86,92)(H,76,87,93)/t35-,36-,37+,58-,59+,60+,61+,62-,63-/m0/s1. The maximum atomic E-state index is 14.0. The molecule has 24 nitrogen and oxygen atoms in total. The molecule has 0 unspecified atom stereocenters. The number of pyridine rings is 9. The number of carbonyl (C=O) groups excluding carboxylic acids is 3. The number of hydrogen-bond donors (Lipinski definition) is 6. The van der Waals surface area contributed by atoms with Crippen LogP contribution in [0.1, 0.15) is 71.9 Å². The van der Waals surface area contributed by atoms with Crippen molar-refractivity contribution in [3.8, 4) is 33.8 Å². The Balaban J connectivity index is 0.736. The van der Waals surface area contributed by atoms with Crippen LogP contribution in [0.5, 0.6) is 0 Å². The van der Waals surface area contributed by atoms with E-state index >= 15 is 0 Å². The van der Waals surface area contributed by atoms with Gasteiger partial charge in [-0.25, -0.2) is 29.9 Å². The minimum Gasteiger partial charge on any atom is -0.383 e. The van der Waals surface area contributed by atoms with Crippen molar-refractivity contribution in [2.45, 2.75) is 58.5 Å². The lowest BCUT2D eigenvalue weighted by molar-refractivity contribution is -0.118. The van der Waals surface area contributed by atoms with Gasteiger partial charge in [-0.1, -0.05) is 20.8 Å². The Morgan fingerprint density at radius 3 is 1.23 bits per heavy atom. The van der Waals surface area contributed by atoms with Crippen LogP contribution in [0.2, 0.25) is 0 Å². The average Bonchev–Trinajstić information content (AvgIpc) is 1.64. The van der Waals surface area contributed by atoms with Gasteiger partial charge in [-0.3, -0.25) is 43.4 Å². The van der Waals surface area contributed by atoms with Gasteiger partial charge in [0.1, 0.15) is 34.9 Å². The van der Waals surface area contributed by atoms with E-state index in [-0.39, 0.29) is 83.3 Å². The molecule has 24 heteroatoms. The number of fused-ring (bicyclic) bond motifs is 3. The highest BCUT2D eigenvalue weighted by Crippen LogP contribution is 2.56. The van der Waals surface area contributed by atoms with Crippen molar-refractivity contribution >= 4 is 84.9 Å². The van der Waals surface area contributed by atoms with Crippen LogP contribution < -0.4 is 32.3 Å². The van der Waals surface area contributed by atoms with Gasteiger partial charge in [-0.2, -0.15) is 15.3 Å². The van der Waals surface area contributed by atoms with Crippen LogP contribution in [0.3, 0.4) is 0 Å². The molecule has 3 aliphatic carbocycles. The lowest BCUT2D eigenvalue weighted by atomic mass is 10.0. The summed E-state index contributed by atoms with van der Waals surface area (Å²) in [6.45, 7) is 8.82. The van der Waals surface area contributed by atoms with E-state index < -0.39 is 0 Å². The lowest BCUT2D eigenvalue weighted by Gasteiger charge is -2.17. The SMILES string of the molecule is Cc1ccncc1-c1cc2cc(NC(=O)[C@H]3[C@@H](C)[C@@H]3c3cnn(C)c3)ncc2c(NCc2ccncc2-c2cc3cc(NC(=O)[C@H]4[C@H](C)[C@@H]4c4cnn(C)c4)ncc3c(NCc3ccncc3-c3cc4cc(NC(=O)[C@@H]5[C@@H](C)[C@H]5c5cnn(C)c5)ncc4c(N)n3)n2)n1. The average molecular weight is 1240 g/mol. The topological polar surface area (TPSA) is 307 Å². The van der Waals surface area contributed by atoms with Crippen LogP contribution in [0.25, 0.3) is 66.1 Å². The second-order valence-corrected chi connectivity index (χ2v) is 25.0. The molecule has 93 heavy (non-hydrogen) atoms. The van der Waals surface area contributed by atoms with E-state index in [4.69, 9.17) is 30.7 Å². The molecular weight excluding hydrogens is 1170 g/mol. The third-order valence-electron chi connectivity index (χ3n) is 18.9. The summed E-state index contributed by atoms with van der Waals surface area (Å²) in [5.74, 6) is 2.29. The third-order valence-corrected chi connectivity index (χ3v) is 18.9. The Labute approximate surface area is 533 Å². The van der Waals surface area contributed by atoms with Gasteiger partial charge in [0, 0.05) is 177 Å². The second kappa shape index (κ2) is 23.1. The molecule has 3 saturated carbocycles. The molecule has 9 atom stereocenters. The van der Waals surface area contributed by atoms with Crippen LogP contribution in [-0.2, 0) is 48.6 Å². The molecule has 0 aromatic carbocycles. The first-order valence-electron chi connectivity index (χ1n) is 30.9. The first-order valence-corrected chi connectivity index (χ1v) is 30.9. The molecule has 12 aromatic rings. The number of nitrogens with zero attached hydrogens (tertiary/aromatic N) is 15. The number of nitrogens with two attached hydrogens (primary N) is 1. The van der Waals surface area contributed by atoms with Crippen LogP contribution in [0, 0.1) is 42.4 Å². The first-order chi connectivity index (χ1) is 45.1. The number of anilines is 6. The highest BCUT2D eigenvalue weighted by Gasteiger charge is 2.55. The number of carbonyl (C=O) groups is 3. The smallest absolute Gasteiger partial charge is 0.229 e. The molecule has 3 fully saturated rings. The monoisotopic (exact) mass is 1240 g/mol. The highest BCUT2D eigenvalue weighted by atomic mass is 16.2. The quantitative estimate of drug-likeness (QED) is 0.0465. The van der Waals surface area contributed by atoms with Gasteiger partial charge < -0.3 is 32.3 Å².